The molecule has 8 heteroatoms. The second-order valence-corrected chi connectivity index (χ2v) is 4.22. The Labute approximate surface area is 109 Å². The predicted molar refractivity (Wildman–Crippen MR) is 65.8 cm³/mol. The topological polar surface area (TPSA) is 90.2 Å². The van der Waals surface area contributed by atoms with Gasteiger partial charge in [0, 0.05) is 13.2 Å². The van der Waals surface area contributed by atoms with Crippen LogP contribution in [-0.2, 0) is 4.74 Å². The van der Waals surface area contributed by atoms with Gasteiger partial charge in [0.15, 0.2) is 5.82 Å². The molecule has 1 aliphatic heterocycles. The first-order valence-electron chi connectivity index (χ1n) is 5.70. The van der Waals surface area contributed by atoms with E-state index in [1.54, 1.807) is 0 Å². The zero-order chi connectivity index (χ0) is 13.1. The SMILES string of the molecule is CCNc1nc(C2CCCO2)nc(Cl)c1[N+](=O)[O-]. The summed E-state index contributed by atoms with van der Waals surface area (Å²) in [4.78, 5) is 18.5. The Hall–Kier alpha value is -1.47. The number of halogens is 1. The lowest BCUT2D eigenvalue weighted by Gasteiger charge is -2.11. The van der Waals surface area contributed by atoms with Crippen molar-refractivity contribution >= 4 is 23.1 Å². The van der Waals surface area contributed by atoms with Crippen LogP contribution in [0.1, 0.15) is 31.7 Å². The summed E-state index contributed by atoms with van der Waals surface area (Å²) in [6.45, 7) is 2.99. The van der Waals surface area contributed by atoms with Gasteiger partial charge in [-0.15, -0.1) is 0 Å². The fourth-order valence-electron chi connectivity index (χ4n) is 1.82. The summed E-state index contributed by atoms with van der Waals surface area (Å²) >= 11 is 5.86. The Morgan fingerprint density at radius 3 is 2.94 bits per heavy atom. The molecule has 1 aromatic heterocycles. The van der Waals surface area contributed by atoms with Crippen molar-refractivity contribution in [2.75, 3.05) is 18.5 Å². The average molecular weight is 273 g/mol. The summed E-state index contributed by atoms with van der Waals surface area (Å²) < 4.78 is 5.45. The molecule has 0 bridgehead atoms. The third-order valence-corrected chi connectivity index (χ3v) is 2.87. The number of rotatable bonds is 4. The zero-order valence-corrected chi connectivity index (χ0v) is 10.6. The molecular weight excluding hydrogens is 260 g/mol. The lowest BCUT2D eigenvalue weighted by Crippen LogP contribution is -2.10. The van der Waals surface area contributed by atoms with Gasteiger partial charge in [-0.1, -0.05) is 11.6 Å². The molecule has 1 unspecified atom stereocenters. The van der Waals surface area contributed by atoms with Crippen LogP contribution < -0.4 is 5.32 Å². The van der Waals surface area contributed by atoms with E-state index in [-0.39, 0.29) is 22.8 Å². The predicted octanol–water partition coefficient (Wildman–Crippen LogP) is 2.32. The first-order valence-corrected chi connectivity index (χ1v) is 6.08. The van der Waals surface area contributed by atoms with Crippen molar-refractivity contribution < 1.29 is 9.66 Å². The molecule has 0 saturated carbocycles. The van der Waals surface area contributed by atoms with Crippen LogP contribution in [0.25, 0.3) is 0 Å². The fourth-order valence-corrected chi connectivity index (χ4v) is 2.07. The number of nitrogens with one attached hydrogen (secondary N) is 1. The maximum atomic E-state index is 10.9. The summed E-state index contributed by atoms with van der Waals surface area (Å²) in [5.41, 5.74) is -0.291. The van der Waals surface area contributed by atoms with Gasteiger partial charge in [-0.25, -0.2) is 9.97 Å². The maximum Gasteiger partial charge on any atom is 0.348 e. The number of aromatic nitrogens is 2. The molecule has 1 aliphatic rings. The molecule has 2 rings (SSSR count). The Kier molecular flexibility index (Phi) is 3.93. The van der Waals surface area contributed by atoms with E-state index in [1.807, 2.05) is 6.92 Å². The van der Waals surface area contributed by atoms with E-state index in [2.05, 4.69) is 15.3 Å². The minimum Gasteiger partial charge on any atom is -0.370 e. The van der Waals surface area contributed by atoms with Gasteiger partial charge >= 0.3 is 5.69 Å². The van der Waals surface area contributed by atoms with Gasteiger partial charge < -0.3 is 10.1 Å². The van der Waals surface area contributed by atoms with Crippen LogP contribution in [-0.4, -0.2) is 28.0 Å². The second kappa shape index (κ2) is 5.45. The molecule has 0 radical (unpaired) electrons. The van der Waals surface area contributed by atoms with Gasteiger partial charge in [0.25, 0.3) is 0 Å². The molecule has 2 heterocycles. The summed E-state index contributed by atoms with van der Waals surface area (Å²) in [5, 5.41) is 13.6. The number of nitrogens with zero attached hydrogens (tertiary/aromatic N) is 3. The van der Waals surface area contributed by atoms with Gasteiger partial charge in [0.1, 0.15) is 6.10 Å². The molecule has 1 N–H and O–H groups in total. The van der Waals surface area contributed by atoms with Crippen molar-refractivity contribution in [2.24, 2.45) is 0 Å². The first-order chi connectivity index (χ1) is 8.63. The van der Waals surface area contributed by atoms with E-state index in [0.29, 0.717) is 19.0 Å². The minimum atomic E-state index is -0.584. The van der Waals surface area contributed by atoms with Crippen LogP contribution in [0.15, 0.2) is 0 Å². The van der Waals surface area contributed by atoms with Crippen molar-refractivity contribution in [3.05, 3.63) is 21.1 Å². The number of anilines is 1. The third-order valence-electron chi connectivity index (χ3n) is 2.60. The van der Waals surface area contributed by atoms with Crippen molar-refractivity contribution in [3.8, 4) is 0 Å². The summed E-state index contributed by atoms with van der Waals surface area (Å²) in [6.07, 6.45) is 1.51. The Morgan fingerprint density at radius 2 is 2.39 bits per heavy atom. The van der Waals surface area contributed by atoms with Gasteiger partial charge in [0.2, 0.25) is 11.0 Å². The van der Waals surface area contributed by atoms with Gasteiger partial charge in [0.05, 0.1) is 4.92 Å². The molecule has 18 heavy (non-hydrogen) atoms. The molecule has 98 valence electrons. The molecule has 1 fully saturated rings. The van der Waals surface area contributed by atoms with Gasteiger partial charge in [-0.05, 0) is 19.8 Å². The highest BCUT2D eigenvalue weighted by molar-refractivity contribution is 6.31. The molecule has 0 aliphatic carbocycles. The Balaban J connectivity index is 2.42. The molecule has 1 atom stereocenters. The minimum absolute atomic E-state index is 0.146. The third kappa shape index (κ3) is 2.51. The van der Waals surface area contributed by atoms with E-state index in [9.17, 15) is 10.1 Å². The fraction of sp³-hybridized carbons (Fsp3) is 0.600. The Morgan fingerprint density at radius 1 is 1.61 bits per heavy atom. The van der Waals surface area contributed by atoms with E-state index >= 15 is 0 Å². The number of nitro groups is 1. The summed E-state index contributed by atoms with van der Waals surface area (Å²) in [6, 6.07) is 0. The van der Waals surface area contributed by atoms with E-state index in [4.69, 9.17) is 16.3 Å². The van der Waals surface area contributed by atoms with E-state index in [1.165, 1.54) is 0 Å². The van der Waals surface area contributed by atoms with Crippen molar-refractivity contribution in [3.63, 3.8) is 0 Å². The van der Waals surface area contributed by atoms with Crippen LogP contribution in [0.3, 0.4) is 0 Å². The van der Waals surface area contributed by atoms with Gasteiger partial charge in [-0.3, -0.25) is 10.1 Å². The summed E-state index contributed by atoms with van der Waals surface area (Å²) in [7, 11) is 0. The van der Waals surface area contributed by atoms with Gasteiger partial charge in [-0.2, -0.15) is 0 Å². The zero-order valence-electron chi connectivity index (χ0n) is 9.85. The molecule has 0 spiro atoms. The largest absolute Gasteiger partial charge is 0.370 e. The highest BCUT2D eigenvalue weighted by Gasteiger charge is 2.28. The first kappa shape index (κ1) is 13.0. The average Bonchev–Trinajstić information content (AvgIpc) is 2.81. The number of ether oxygens (including phenoxy) is 1. The number of hydrogen-bond acceptors (Lipinski definition) is 6. The van der Waals surface area contributed by atoms with Crippen molar-refractivity contribution in [1.29, 1.82) is 0 Å². The quantitative estimate of drug-likeness (QED) is 0.514. The molecule has 0 aromatic carbocycles. The second-order valence-electron chi connectivity index (χ2n) is 3.86. The van der Waals surface area contributed by atoms with Crippen LogP contribution in [0.2, 0.25) is 5.15 Å². The van der Waals surface area contributed by atoms with E-state index < -0.39 is 4.92 Å². The summed E-state index contributed by atoms with van der Waals surface area (Å²) in [5.74, 6) is 0.548. The maximum absolute atomic E-state index is 10.9. The van der Waals surface area contributed by atoms with Crippen LogP contribution >= 0.6 is 11.6 Å². The normalized spacial score (nSPS) is 18.9. The molecule has 1 aromatic rings. The van der Waals surface area contributed by atoms with Crippen molar-refractivity contribution in [1.82, 2.24) is 9.97 Å². The number of hydrogen-bond donors (Lipinski definition) is 1. The van der Waals surface area contributed by atoms with Crippen LogP contribution in [0.5, 0.6) is 0 Å². The van der Waals surface area contributed by atoms with Crippen LogP contribution in [0, 0.1) is 10.1 Å². The lowest BCUT2D eigenvalue weighted by molar-refractivity contribution is -0.384. The molecule has 0 amide bonds. The monoisotopic (exact) mass is 272 g/mol. The standard InChI is InChI=1S/C10H13ClN4O3/c1-2-12-10-7(15(16)17)8(11)13-9(14-10)6-4-3-5-18-6/h6H,2-5H2,1H3,(H,12,13,14). The van der Waals surface area contributed by atoms with E-state index in [0.717, 1.165) is 12.8 Å². The highest BCUT2D eigenvalue weighted by atomic mass is 35.5. The van der Waals surface area contributed by atoms with Crippen molar-refractivity contribution in [2.45, 2.75) is 25.9 Å². The smallest absolute Gasteiger partial charge is 0.348 e. The highest BCUT2D eigenvalue weighted by Crippen LogP contribution is 2.33. The molecule has 1 saturated heterocycles. The molecule has 7 nitrogen and oxygen atoms in total. The molecular formula is C10H13ClN4O3. The Bertz CT molecular complexity index is 463. The van der Waals surface area contributed by atoms with Crippen LogP contribution in [0.4, 0.5) is 11.5 Å². The lowest BCUT2D eigenvalue weighted by atomic mass is 10.2.